The fourth-order valence-electron chi connectivity index (χ4n) is 0.684. The second-order valence-corrected chi connectivity index (χ2v) is 3.38. The minimum atomic E-state index is -0.171. The Morgan fingerprint density at radius 2 is 1.93 bits per heavy atom. The topological polar surface area (TPSA) is 44.8 Å². The maximum atomic E-state index is 11.1. The van der Waals surface area contributed by atoms with Crippen LogP contribution in [0.5, 0.6) is 0 Å². The van der Waals surface area contributed by atoms with Gasteiger partial charge in [-0.3, -0.25) is 4.79 Å². The molecule has 0 amide bonds. The number of esters is 1. The van der Waals surface area contributed by atoms with Gasteiger partial charge in [0.05, 0.1) is 25.7 Å². The minimum absolute atomic E-state index is 0.0565. The molecule has 0 saturated carbocycles. The number of methoxy groups -OCH3 is 1. The summed E-state index contributed by atoms with van der Waals surface area (Å²) in [6, 6.07) is 0. The van der Waals surface area contributed by atoms with E-state index < -0.39 is 0 Å². The van der Waals surface area contributed by atoms with Crippen LogP contribution in [0.25, 0.3) is 0 Å². The van der Waals surface area contributed by atoms with Crippen LogP contribution in [0.3, 0.4) is 0 Å². The van der Waals surface area contributed by atoms with Crippen molar-refractivity contribution in [2.75, 3.05) is 39.7 Å². The average molecular weight is 222 g/mol. The summed E-state index contributed by atoms with van der Waals surface area (Å²) in [5.41, 5.74) is 0. The van der Waals surface area contributed by atoms with Crippen molar-refractivity contribution in [3.8, 4) is 0 Å². The first-order valence-electron chi connectivity index (χ1n) is 4.65. The predicted molar refractivity (Wildman–Crippen MR) is 57.4 cm³/mol. The van der Waals surface area contributed by atoms with Crippen LogP contribution in [-0.4, -0.2) is 45.7 Å². The van der Waals surface area contributed by atoms with Crippen LogP contribution in [0, 0.1) is 5.92 Å². The molecule has 0 aliphatic carbocycles. The Morgan fingerprint density at radius 1 is 1.29 bits per heavy atom. The van der Waals surface area contributed by atoms with E-state index in [2.05, 4.69) is 9.24 Å². The van der Waals surface area contributed by atoms with Crippen LogP contribution in [0.1, 0.15) is 6.92 Å². The van der Waals surface area contributed by atoms with Gasteiger partial charge in [0.2, 0.25) is 0 Å². The third-order valence-corrected chi connectivity index (χ3v) is 2.37. The van der Waals surface area contributed by atoms with E-state index in [4.69, 9.17) is 14.2 Å². The molecular weight excluding hydrogens is 203 g/mol. The van der Waals surface area contributed by atoms with Crippen molar-refractivity contribution >= 4 is 15.2 Å². The summed E-state index contributed by atoms with van der Waals surface area (Å²) in [6.07, 6.45) is 0.726. The molecule has 2 unspecified atom stereocenters. The molecule has 84 valence electrons. The van der Waals surface area contributed by atoms with Crippen molar-refractivity contribution in [3.63, 3.8) is 0 Å². The van der Waals surface area contributed by atoms with Crippen LogP contribution in [-0.2, 0) is 19.0 Å². The van der Waals surface area contributed by atoms with Gasteiger partial charge in [0.25, 0.3) is 0 Å². The molecule has 0 saturated heterocycles. The maximum absolute atomic E-state index is 11.1. The fourth-order valence-corrected chi connectivity index (χ4v) is 0.876. The number of hydrogen-bond donors (Lipinski definition) is 0. The number of hydrogen-bond acceptors (Lipinski definition) is 4. The molecule has 0 aliphatic rings. The lowest BCUT2D eigenvalue weighted by Crippen LogP contribution is -2.18. The Bertz CT molecular complexity index is 152. The summed E-state index contributed by atoms with van der Waals surface area (Å²) in [6.45, 7) is 3.68. The van der Waals surface area contributed by atoms with E-state index in [0.717, 1.165) is 6.16 Å². The van der Waals surface area contributed by atoms with Gasteiger partial charge in [-0.25, -0.2) is 0 Å². The Morgan fingerprint density at radius 3 is 2.50 bits per heavy atom. The maximum Gasteiger partial charge on any atom is 0.309 e. The van der Waals surface area contributed by atoms with E-state index in [1.54, 1.807) is 7.11 Å². The van der Waals surface area contributed by atoms with Crippen molar-refractivity contribution in [1.29, 1.82) is 0 Å². The number of carbonyl (C=O) groups excluding carboxylic acids is 1. The second kappa shape index (κ2) is 9.38. The van der Waals surface area contributed by atoms with Crippen molar-refractivity contribution < 1.29 is 19.0 Å². The summed E-state index contributed by atoms with van der Waals surface area (Å²) in [5, 5.41) is 0. The van der Waals surface area contributed by atoms with Crippen LogP contribution < -0.4 is 0 Å². The number of carbonyl (C=O) groups is 1. The molecule has 0 N–H and O–H groups in total. The monoisotopic (exact) mass is 222 g/mol. The van der Waals surface area contributed by atoms with Gasteiger partial charge in [-0.1, -0.05) is 6.92 Å². The molecule has 0 aliphatic heterocycles. The zero-order valence-corrected chi connectivity index (χ0v) is 9.98. The SMILES string of the molecule is COCCOCCOC(=O)C(C)CP. The molecule has 0 spiro atoms. The molecule has 4 nitrogen and oxygen atoms in total. The molecule has 0 fully saturated rings. The molecule has 2 atom stereocenters. The van der Waals surface area contributed by atoms with Gasteiger partial charge >= 0.3 is 5.97 Å². The highest BCUT2D eigenvalue weighted by Crippen LogP contribution is 2.02. The second-order valence-electron chi connectivity index (χ2n) is 2.91. The van der Waals surface area contributed by atoms with E-state index in [1.165, 1.54) is 0 Å². The number of ether oxygens (including phenoxy) is 3. The Hall–Kier alpha value is -0.180. The largest absolute Gasteiger partial charge is 0.463 e. The van der Waals surface area contributed by atoms with Crippen molar-refractivity contribution in [2.45, 2.75) is 6.92 Å². The van der Waals surface area contributed by atoms with Gasteiger partial charge in [0, 0.05) is 7.11 Å². The van der Waals surface area contributed by atoms with Crippen molar-refractivity contribution in [3.05, 3.63) is 0 Å². The Labute approximate surface area is 87.5 Å². The smallest absolute Gasteiger partial charge is 0.309 e. The minimum Gasteiger partial charge on any atom is -0.463 e. The lowest BCUT2D eigenvalue weighted by Gasteiger charge is -2.09. The highest BCUT2D eigenvalue weighted by Gasteiger charge is 2.10. The molecule has 0 aromatic rings. The first-order valence-corrected chi connectivity index (χ1v) is 5.47. The van der Waals surface area contributed by atoms with E-state index in [9.17, 15) is 4.79 Å². The lowest BCUT2D eigenvalue weighted by atomic mass is 10.2. The zero-order chi connectivity index (χ0) is 10.8. The number of rotatable bonds is 8. The van der Waals surface area contributed by atoms with Gasteiger partial charge < -0.3 is 14.2 Å². The molecule has 0 aromatic heterocycles. The van der Waals surface area contributed by atoms with E-state index in [0.29, 0.717) is 26.4 Å². The Kier molecular flexibility index (Phi) is 9.26. The quantitative estimate of drug-likeness (QED) is 0.344. The highest BCUT2D eigenvalue weighted by atomic mass is 31.0. The first kappa shape index (κ1) is 13.8. The summed E-state index contributed by atoms with van der Waals surface area (Å²) >= 11 is 0. The van der Waals surface area contributed by atoms with Gasteiger partial charge in [-0.2, -0.15) is 0 Å². The standard InChI is InChI=1S/C9H19O4P/c1-8(7-14)9(10)13-6-5-12-4-3-11-2/h8H,3-7,14H2,1-2H3. The molecule has 5 heteroatoms. The predicted octanol–water partition coefficient (Wildman–Crippen LogP) is 0.704. The normalized spacial score (nSPS) is 12.5. The molecule has 0 rings (SSSR count). The molecule has 0 bridgehead atoms. The summed E-state index contributed by atoms with van der Waals surface area (Å²) < 4.78 is 14.9. The highest BCUT2D eigenvalue weighted by molar-refractivity contribution is 7.16. The summed E-state index contributed by atoms with van der Waals surface area (Å²) in [4.78, 5) is 11.1. The molecule has 14 heavy (non-hydrogen) atoms. The van der Waals surface area contributed by atoms with Crippen LogP contribution >= 0.6 is 9.24 Å². The van der Waals surface area contributed by atoms with Crippen molar-refractivity contribution in [2.24, 2.45) is 5.92 Å². The van der Waals surface area contributed by atoms with Gasteiger partial charge in [-0.15, -0.1) is 9.24 Å². The van der Waals surface area contributed by atoms with E-state index >= 15 is 0 Å². The first-order chi connectivity index (χ1) is 6.72. The van der Waals surface area contributed by atoms with Crippen LogP contribution in [0.15, 0.2) is 0 Å². The van der Waals surface area contributed by atoms with Crippen LogP contribution in [0.2, 0.25) is 0 Å². The zero-order valence-electron chi connectivity index (χ0n) is 8.82. The molecule has 0 radical (unpaired) electrons. The summed E-state index contributed by atoms with van der Waals surface area (Å²) in [7, 11) is 4.13. The average Bonchev–Trinajstić information content (AvgIpc) is 2.21. The van der Waals surface area contributed by atoms with E-state index in [1.807, 2.05) is 6.92 Å². The van der Waals surface area contributed by atoms with Gasteiger partial charge in [0.1, 0.15) is 6.61 Å². The third kappa shape index (κ3) is 7.25. The third-order valence-electron chi connectivity index (χ3n) is 1.66. The fraction of sp³-hybridized carbons (Fsp3) is 0.889. The summed E-state index contributed by atoms with van der Waals surface area (Å²) in [5.74, 6) is -0.227. The lowest BCUT2D eigenvalue weighted by molar-refractivity contribution is -0.148. The van der Waals surface area contributed by atoms with E-state index in [-0.39, 0.29) is 11.9 Å². The molecule has 0 aromatic carbocycles. The van der Waals surface area contributed by atoms with Crippen molar-refractivity contribution in [1.82, 2.24) is 0 Å². The molecule has 0 heterocycles. The van der Waals surface area contributed by atoms with Gasteiger partial charge in [0.15, 0.2) is 0 Å². The molecular formula is C9H19O4P. The van der Waals surface area contributed by atoms with Gasteiger partial charge in [-0.05, 0) is 6.16 Å². The van der Waals surface area contributed by atoms with Crippen LogP contribution in [0.4, 0.5) is 0 Å². The Balaban J connectivity index is 3.23.